The lowest BCUT2D eigenvalue weighted by Gasteiger charge is -2.16. The monoisotopic (exact) mass is 231 g/mol. The number of hydrogen-bond donors (Lipinski definition) is 1. The van der Waals surface area contributed by atoms with Crippen molar-refractivity contribution >= 4 is 0 Å². The van der Waals surface area contributed by atoms with Crippen LogP contribution < -0.4 is 5.32 Å². The summed E-state index contributed by atoms with van der Waals surface area (Å²) in [6.07, 6.45) is 5.22. The Bertz CT molecular complexity index is 473. The summed E-state index contributed by atoms with van der Waals surface area (Å²) in [6.45, 7) is 0. The molecular formula is C13H14FN3. The highest BCUT2D eigenvalue weighted by atomic mass is 19.1. The van der Waals surface area contributed by atoms with Gasteiger partial charge >= 0.3 is 0 Å². The summed E-state index contributed by atoms with van der Waals surface area (Å²) in [6, 6.07) is 7.33. The van der Waals surface area contributed by atoms with Crippen LogP contribution in [0.25, 0.3) is 0 Å². The van der Waals surface area contributed by atoms with Gasteiger partial charge in [-0.2, -0.15) is 0 Å². The molecule has 4 heteroatoms. The third-order valence-corrected chi connectivity index (χ3v) is 2.67. The summed E-state index contributed by atoms with van der Waals surface area (Å²) in [5, 5.41) is 3.10. The van der Waals surface area contributed by atoms with Crippen molar-refractivity contribution in [2.75, 3.05) is 7.05 Å². The third kappa shape index (κ3) is 2.85. The van der Waals surface area contributed by atoms with Gasteiger partial charge in [-0.25, -0.2) is 4.39 Å². The lowest BCUT2D eigenvalue weighted by atomic mass is 10.0. The van der Waals surface area contributed by atoms with Gasteiger partial charge in [-0.3, -0.25) is 9.97 Å². The summed E-state index contributed by atoms with van der Waals surface area (Å²) < 4.78 is 13.6. The zero-order valence-electron chi connectivity index (χ0n) is 9.60. The average Bonchev–Trinajstić information content (AvgIpc) is 2.38. The highest BCUT2D eigenvalue weighted by Crippen LogP contribution is 2.19. The SMILES string of the molecule is CNC(Cc1ccccn1)c1ccncc1F. The van der Waals surface area contributed by atoms with Gasteiger partial charge in [0.25, 0.3) is 0 Å². The van der Waals surface area contributed by atoms with E-state index in [2.05, 4.69) is 15.3 Å². The summed E-state index contributed by atoms with van der Waals surface area (Å²) in [5.41, 5.74) is 1.55. The highest BCUT2D eigenvalue weighted by molar-refractivity contribution is 5.20. The molecule has 0 amide bonds. The predicted molar refractivity (Wildman–Crippen MR) is 63.9 cm³/mol. The number of likely N-dealkylation sites (N-methyl/N-ethyl adjacent to an activating group) is 1. The first-order valence-electron chi connectivity index (χ1n) is 5.48. The molecule has 0 spiro atoms. The summed E-state index contributed by atoms with van der Waals surface area (Å²) in [5.74, 6) is -0.289. The topological polar surface area (TPSA) is 37.8 Å². The Labute approximate surface area is 99.7 Å². The fourth-order valence-corrected chi connectivity index (χ4v) is 1.76. The lowest BCUT2D eigenvalue weighted by Crippen LogP contribution is -2.20. The van der Waals surface area contributed by atoms with Crippen molar-refractivity contribution in [2.24, 2.45) is 0 Å². The van der Waals surface area contributed by atoms with Crippen molar-refractivity contribution in [3.63, 3.8) is 0 Å². The summed E-state index contributed by atoms with van der Waals surface area (Å²) in [4.78, 5) is 7.99. The van der Waals surface area contributed by atoms with Gasteiger partial charge in [0.1, 0.15) is 5.82 Å². The van der Waals surface area contributed by atoms with Crippen LogP contribution in [0.2, 0.25) is 0 Å². The van der Waals surface area contributed by atoms with Crippen LogP contribution in [0.3, 0.4) is 0 Å². The van der Waals surface area contributed by atoms with E-state index < -0.39 is 0 Å². The number of nitrogens with zero attached hydrogens (tertiary/aromatic N) is 2. The molecule has 2 aromatic heterocycles. The number of aromatic nitrogens is 2. The molecule has 0 bridgehead atoms. The molecule has 2 aromatic rings. The van der Waals surface area contributed by atoms with Crippen LogP contribution in [0.1, 0.15) is 17.3 Å². The smallest absolute Gasteiger partial charge is 0.146 e. The highest BCUT2D eigenvalue weighted by Gasteiger charge is 2.14. The Morgan fingerprint density at radius 1 is 1.29 bits per heavy atom. The van der Waals surface area contributed by atoms with E-state index in [0.29, 0.717) is 12.0 Å². The molecule has 0 radical (unpaired) electrons. The van der Waals surface area contributed by atoms with Crippen LogP contribution >= 0.6 is 0 Å². The number of nitrogens with one attached hydrogen (secondary N) is 1. The molecule has 0 saturated carbocycles. The first-order chi connectivity index (χ1) is 8.31. The van der Waals surface area contributed by atoms with Crippen molar-refractivity contribution in [1.82, 2.24) is 15.3 Å². The number of rotatable bonds is 4. The molecule has 1 unspecified atom stereocenters. The number of pyridine rings is 2. The van der Waals surface area contributed by atoms with E-state index in [1.807, 2.05) is 25.2 Å². The number of halogens is 1. The predicted octanol–water partition coefficient (Wildman–Crippen LogP) is 2.12. The Morgan fingerprint density at radius 2 is 2.18 bits per heavy atom. The first-order valence-corrected chi connectivity index (χ1v) is 5.48. The maximum Gasteiger partial charge on any atom is 0.146 e. The average molecular weight is 231 g/mol. The Kier molecular flexibility index (Phi) is 3.77. The molecule has 0 aliphatic carbocycles. The molecule has 1 N–H and O–H groups in total. The van der Waals surface area contributed by atoms with Crippen molar-refractivity contribution in [3.8, 4) is 0 Å². The molecule has 0 fully saturated rings. The quantitative estimate of drug-likeness (QED) is 0.875. The molecular weight excluding hydrogens is 217 g/mol. The molecule has 0 aliphatic heterocycles. The van der Waals surface area contributed by atoms with Gasteiger partial charge in [-0.15, -0.1) is 0 Å². The van der Waals surface area contributed by atoms with Crippen molar-refractivity contribution in [2.45, 2.75) is 12.5 Å². The molecule has 0 saturated heterocycles. The molecule has 2 heterocycles. The second-order valence-corrected chi connectivity index (χ2v) is 3.76. The maximum absolute atomic E-state index is 13.6. The van der Waals surface area contributed by atoms with Crippen molar-refractivity contribution in [3.05, 3.63) is 59.9 Å². The Morgan fingerprint density at radius 3 is 2.82 bits per heavy atom. The standard InChI is InChI=1S/C13H14FN3/c1-15-13(8-10-4-2-3-6-17-10)11-5-7-16-9-12(11)14/h2-7,9,13,15H,8H2,1H3. The third-order valence-electron chi connectivity index (χ3n) is 2.67. The summed E-state index contributed by atoms with van der Waals surface area (Å²) >= 11 is 0. The lowest BCUT2D eigenvalue weighted by molar-refractivity contribution is 0.527. The zero-order valence-corrected chi connectivity index (χ0v) is 9.60. The minimum Gasteiger partial charge on any atom is -0.313 e. The van der Waals surface area contributed by atoms with Crippen LogP contribution in [-0.2, 0) is 6.42 Å². The van der Waals surface area contributed by atoms with Crippen LogP contribution in [-0.4, -0.2) is 17.0 Å². The molecule has 17 heavy (non-hydrogen) atoms. The second kappa shape index (κ2) is 5.50. The largest absolute Gasteiger partial charge is 0.313 e. The maximum atomic E-state index is 13.6. The van der Waals surface area contributed by atoms with Gasteiger partial charge in [0.15, 0.2) is 0 Å². The van der Waals surface area contributed by atoms with E-state index >= 15 is 0 Å². The minimum atomic E-state index is -0.289. The van der Waals surface area contributed by atoms with E-state index in [9.17, 15) is 4.39 Å². The normalized spacial score (nSPS) is 12.4. The van der Waals surface area contributed by atoms with Crippen LogP contribution in [0.5, 0.6) is 0 Å². The fraction of sp³-hybridized carbons (Fsp3) is 0.231. The van der Waals surface area contributed by atoms with Gasteiger partial charge in [0.05, 0.1) is 6.20 Å². The van der Waals surface area contributed by atoms with Crippen LogP contribution in [0.4, 0.5) is 4.39 Å². The van der Waals surface area contributed by atoms with E-state index in [-0.39, 0.29) is 11.9 Å². The minimum absolute atomic E-state index is 0.0899. The molecule has 0 aliphatic rings. The molecule has 88 valence electrons. The van der Waals surface area contributed by atoms with Crippen molar-refractivity contribution in [1.29, 1.82) is 0 Å². The van der Waals surface area contributed by atoms with Gasteiger partial charge < -0.3 is 5.32 Å². The zero-order chi connectivity index (χ0) is 12.1. The molecule has 1 atom stereocenters. The van der Waals surface area contributed by atoms with E-state index in [1.165, 1.54) is 6.20 Å². The Hall–Kier alpha value is -1.81. The van der Waals surface area contributed by atoms with E-state index in [1.54, 1.807) is 18.5 Å². The van der Waals surface area contributed by atoms with Gasteiger partial charge in [0.2, 0.25) is 0 Å². The van der Waals surface area contributed by atoms with Gasteiger partial charge in [0, 0.05) is 36.1 Å². The second-order valence-electron chi connectivity index (χ2n) is 3.76. The van der Waals surface area contributed by atoms with Gasteiger partial charge in [-0.1, -0.05) is 6.07 Å². The first kappa shape index (κ1) is 11.7. The number of hydrogen-bond acceptors (Lipinski definition) is 3. The van der Waals surface area contributed by atoms with Gasteiger partial charge in [-0.05, 0) is 25.2 Å². The summed E-state index contributed by atoms with van der Waals surface area (Å²) in [7, 11) is 1.81. The van der Waals surface area contributed by atoms with Crippen LogP contribution in [0.15, 0.2) is 42.9 Å². The molecule has 2 rings (SSSR count). The van der Waals surface area contributed by atoms with Crippen LogP contribution in [0, 0.1) is 5.82 Å². The van der Waals surface area contributed by atoms with E-state index in [0.717, 1.165) is 5.69 Å². The van der Waals surface area contributed by atoms with Crippen molar-refractivity contribution < 1.29 is 4.39 Å². The molecule has 3 nitrogen and oxygen atoms in total. The fourth-order valence-electron chi connectivity index (χ4n) is 1.76. The van der Waals surface area contributed by atoms with E-state index in [4.69, 9.17) is 0 Å². The Balaban J connectivity index is 2.21. The molecule has 0 aromatic carbocycles.